The average Bonchev–Trinajstić information content (AvgIpc) is 3.44. The van der Waals surface area contributed by atoms with Crippen LogP contribution >= 0.6 is 11.3 Å². The molecule has 28 heavy (non-hydrogen) atoms. The molecule has 3 heterocycles. The lowest BCUT2D eigenvalue weighted by Crippen LogP contribution is -2.43. The Morgan fingerprint density at radius 1 is 1.21 bits per heavy atom. The van der Waals surface area contributed by atoms with Gasteiger partial charge in [0.15, 0.2) is 5.82 Å². The molecule has 1 unspecified atom stereocenters. The van der Waals surface area contributed by atoms with E-state index in [1.165, 1.54) is 32.1 Å². The van der Waals surface area contributed by atoms with E-state index < -0.39 is 6.04 Å². The van der Waals surface area contributed by atoms with E-state index in [9.17, 15) is 9.59 Å². The summed E-state index contributed by atoms with van der Waals surface area (Å²) in [6.07, 6.45) is 9.49. The Balaban J connectivity index is 1.33. The predicted molar refractivity (Wildman–Crippen MR) is 110 cm³/mol. The van der Waals surface area contributed by atoms with Crippen LogP contribution in [-0.4, -0.2) is 39.5 Å². The summed E-state index contributed by atoms with van der Waals surface area (Å²) in [4.78, 5) is 28.2. The van der Waals surface area contributed by atoms with Gasteiger partial charge in [-0.3, -0.25) is 14.7 Å². The van der Waals surface area contributed by atoms with E-state index >= 15 is 0 Å². The second-order valence-corrected chi connectivity index (χ2v) is 9.01. The van der Waals surface area contributed by atoms with Crippen molar-refractivity contribution in [2.24, 2.45) is 5.92 Å². The molecule has 2 aromatic rings. The van der Waals surface area contributed by atoms with Crippen LogP contribution in [0.15, 0.2) is 23.6 Å². The number of anilines is 1. The summed E-state index contributed by atoms with van der Waals surface area (Å²) in [5.41, 5.74) is 1.08. The molecule has 7 heteroatoms. The highest BCUT2D eigenvalue weighted by Gasteiger charge is 2.34. The summed E-state index contributed by atoms with van der Waals surface area (Å²) >= 11 is 1.58. The Labute approximate surface area is 169 Å². The molecular formula is C21H28N4O2S. The number of thiophene rings is 1. The molecule has 150 valence electrons. The molecule has 2 amide bonds. The average molecular weight is 401 g/mol. The SMILES string of the molecule is O=C(Nc1cc(CC2CCCCC2)[nH]n1)C1CCCN1C(=O)Cc1cccs1. The number of rotatable bonds is 6. The largest absolute Gasteiger partial charge is 0.330 e. The van der Waals surface area contributed by atoms with Crippen molar-refractivity contribution in [2.75, 3.05) is 11.9 Å². The lowest BCUT2D eigenvalue weighted by molar-refractivity contribution is -0.136. The fourth-order valence-electron chi connectivity index (χ4n) is 4.44. The molecule has 2 aliphatic rings. The fourth-order valence-corrected chi connectivity index (χ4v) is 5.14. The van der Waals surface area contributed by atoms with Crippen LogP contribution in [-0.2, 0) is 22.4 Å². The number of aromatic nitrogens is 2. The van der Waals surface area contributed by atoms with Gasteiger partial charge in [-0.05, 0) is 36.6 Å². The minimum absolute atomic E-state index is 0.0279. The molecule has 2 N–H and O–H groups in total. The zero-order chi connectivity index (χ0) is 19.3. The van der Waals surface area contributed by atoms with E-state index in [2.05, 4.69) is 15.5 Å². The van der Waals surface area contributed by atoms with Gasteiger partial charge in [0.1, 0.15) is 6.04 Å². The first-order valence-corrected chi connectivity index (χ1v) is 11.2. The maximum atomic E-state index is 12.8. The molecule has 1 aliphatic heterocycles. The van der Waals surface area contributed by atoms with Gasteiger partial charge in [0.25, 0.3) is 0 Å². The highest BCUT2D eigenvalue weighted by molar-refractivity contribution is 7.10. The fraction of sp³-hybridized carbons (Fsp3) is 0.571. The summed E-state index contributed by atoms with van der Waals surface area (Å²) in [5.74, 6) is 1.18. The van der Waals surface area contributed by atoms with Gasteiger partial charge >= 0.3 is 0 Å². The number of carbonyl (C=O) groups is 2. The van der Waals surface area contributed by atoms with Crippen LogP contribution in [0, 0.1) is 5.92 Å². The molecule has 1 saturated heterocycles. The predicted octanol–water partition coefficient (Wildman–Crippen LogP) is 3.77. The van der Waals surface area contributed by atoms with Crippen LogP contribution in [0.1, 0.15) is 55.5 Å². The van der Waals surface area contributed by atoms with Gasteiger partial charge in [-0.15, -0.1) is 11.3 Å². The van der Waals surface area contributed by atoms with E-state index in [0.717, 1.165) is 29.3 Å². The van der Waals surface area contributed by atoms with Crippen molar-refractivity contribution in [3.05, 3.63) is 34.2 Å². The van der Waals surface area contributed by atoms with Gasteiger partial charge in [0, 0.05) is 23.2 Å². The number of hydrogen-bond acceptors (Lipinski definition) is 4. The van der Waals surface area contributed by atoms with Crippen molar-refractivity contribution in [1.29, 1.82) is 0 Å². The van der Waals surface area contributed by atoms with E-state index in [-0.39, 0.29) is 11.8 Å². The number of nitrogens with zero attached hydrogens (tertiary/aromatic N) is 2. The maximum Gasteiger partial charge on any atom is 0.248 e. The zero-order valence-electron chi connectivity index (χ0n) is 16.2. The Kier molecular flexibility index (Phi) is 6.10. The molecule has 0 radical (unpaired) electrons. The van der Waals surface area contributed by atoms with Crippen LogP contribution in [0.2, 0.25) is 0 Å². The van der Waals surface area contributed by atoms with E-state index in [1.807, 2.05) is 23.6 Å². The quantitative estimate of drug-likeness (QED) is 0.775. The van der Waals surface area contributed by atoms with E-state index in [1.54, 1.807) is 16.2 Å². The number of carbonyl (C=O) groups excluding carboxylic acids is 2. The van der Waals surface area contributed by atoms with Crippen molar-refractivity contribution in [3.63, 3.8) is 0 Å². The topological polar surface area (TPSA) is 78.1 Å². The summed E-state index contributed by atoms with van der Waals surface area (Å²) in [5, 5.41) is 12.2. The van der Waals surface area contributed by atoms with Crippen molar-refractivity contribution >= 4 is 29.0 Å². The van der Waals surface area contributed by atoms with Crippen molar-refractivity contribution < 1.29 is 9.59 Å². The third-order valence-electron chi connectivity index (χ3n) is 5.90. The van der Waals surface area contributed by atoms with E-state index in [4.69, 9.17) is 0 Å². The Morgan fingerprint density at radius 2 is 2.07 bits per heavy atom. The zero-order valence-corrected chi connectivity index (χ0v) is 17.0. The molecule has 1 atom stereocenters. The van der Waals surface area contributed by atoms with Crippen molar-refractivity contribution in [2.45, 2.75) is 63.8 Å². The molecule has 0 aromatic carbocycles. The first-order valence-electron chi connectivity index (χ1n) is 10.4. The first-order chi connectivity index (χ1) is 13.7. The summed E-state index contributed by atoms with van der Waals surface area (Å²) in [6.45, 7) is 0.649. The van der Waals surface area contributed by atoms with Gasteiger partial charge in [-0.25, -0.2) is 0 Å². The van der Waals surface area contributed by atoms with Gasteiger partial charge in [0.2, 0.25) is 11.8 Å². The van der Waals surface area contributed by atoms with Crippen LogP contribution in [0.3, 0.4) is 0 Å². The van der Waals surface area contributed by atoms with Crippen LogP contribution in [0.25, 0.3) is 0 Å². The van der Waals surface area contributed by atoms with Crippen LogP contribution in [0.5, 0.6) is 0 Å². The molecule has 4 rings (SSSR count). The van der Waals surface area contributed by atoms with Gasteiger partial charge in [-0.2, -0.15) is 5.10 Å². The lowest BCUT2D eigenvalue weighted by Gasteiger charge is -2.23. The molecule has 6 nitrogen and oxygen atoms in total. The van der Waals surface area contributed by atoms with Crippen molar-refractivity contribution in [1.82, 2.24) is 15.1 Å². The maximum absolute atomic E-state index is 12.8. The summed E-state index contributed by atoms with van der Waals surface area (Å²) in [7, 11) is 0. The van der Waals surface area contributed by atoms with Crippen LogP contribution in [0.4, 0.5) is 5.82 Å². The third-order valence-corrected chi connectivity index (χ3v) is 6.77. The Morgan fingerprint density at radius 3 is 2.86 bits per heavy atom. The smallest absolute Gasteiger partial charge is 0.248 e. The van der Waals surface area contributed by atoms with Crippen LogP contribution < -0.4 is 5.32 Å². The monoisotopic (exact) mass is 400 g/mol. The second kappa shape index (κ2) is 8.90. The van der Waals surface area contributed by atoms with Crippen molar-refractivity contribution in [3.8, 4) is 0 Å². The Bertz CT molecular complexity index is 795. The first kappa shape index (κ1) is 19.2. The minimum atomic E-state index is -0.397. The molecule has 0 bridgehead atoms. The number of likely N-dealkylation sites (tertiary alicyclic amines) is 1. The summed E-state index contributed by atoms with van der Waals surface area (Å²) < 4.78 is 0. The van der Waals surface area contributed by atoms with E-state index in [0.29, 0.717) is 25.2 Å². The third kappa shape index (κ3) is 4.63. The molecule has 0 spiro atoms. The highest BCUT2D eigenvalue weighted by atomic mass is 32.1. The Hall–Kier alpha value is -2.15. The molecule has 2 aromatic heterocycles. The number of hydrogen-bond donors (Lipinski definition) is 2. The molecule has 2 fully saturated rings. The normalized spacial score (nSPS) is 20.4. The number of aromatic amines is 1. The number of nitrogens with one attached hydrogen (secondary N) is 2. The molecule has 1 aliphatic carbocycles. The number of amides is 2. The number of H-pyrrole nitrogens is 1. The van der Waals surface area contributed by atoms with Gasteiger partial charge < -0.3 is 10.2 Å². The van der Waals surface area contributed by atoms with Gasteiger partial charge in [0.05, 0.1) is 6.42 Å². The lowest BCUT2D eigenvalue weighted by atomic mass is 9.86. The standard InChI is InChI=1S/C21H28N4O2S/c26-20(14-17-8-5-11-28-17)25-10-4-9-18(25)21(27)22-19-13-16(23-24-19)12-15-6-2-1-3-7-15/h5,8,11,13,15,18H,1-4,6-7,9-10,12,14H2,(H2,22,23,24,27). The minimum Gasteiger partial charge on any atom is -0.330 e. The van der Waals surface area contributed by atoms with Gasteiger partial charge in [-0.1, -0.05) is 38.2 Å². The molecular weight excluding hydrogens is 372 g/mol. The molecule has 1 saturated carbocycles. The summed E-state index contributed by atoms with van der Waals surface area (Å²) in [6, 6.07) is 5.46. The second-order valence-electron chi connectivity index (χ2n) is 7.98. The highest BCUT2D eigenvalue weighted by Crippen LogP contribution is 2.27.